The lowest BCUT2D eigenvalue weighted by Crippen LogP contribution is -2.50. The van der Waals surface area contributed by atoms with E-state index in [1.165, 1.54) is 15.7 Å². The van der Waals surface area contributed by atoms with Gasteiger partial charge in [-0.25, -0.2) is 0 Å². The molecule has 8 heteroatoms. The highest BCUT2D eigenvalue weighted by atomic mass is 32.2. The molecule has 0 bridgehead atoms. The summed E-state index contributed by atoms with van der Waals surface area (Å²) in [6, 6.07) is 6.85. The molecule has 1 aliphatic rings. The largest absolute Gasteiger partial charge is 0.497 e. The topological polar surface area (TPSA) is 79.0 Å². The molecule has 0 aliphatic carbocycles. The van der Waals surface area contributed by atoms with Crippen molar-refractivity contribution in [1.29, 1.82) is 0 Å². The van der Waals surface area contributed by atoms with Crippen molar-refractivity contribution in [2.75, 3.05) is 39.1 Å². The van der Waals surface area contributed by atoms with Gasteiger partial charge in [0.2, 0.25) is 5.91 Å². The Labute approximate surface area is 124 Å². The van der Waals surface area contributed by atoms with Crippen LogP contribution in [0.1, 0.15) is 6.42 Å². The predicted molar refractivity (Wildman–Crippen MR) is 79.4 cm³/mol. The van der Waals surface area contributed by atoms with Crippen molar-refractivity contribution >= 4 is 21.8 Å². The number of hydrogen-bond acceptors (Lipinski definition) is 4. The molecular formula is C13H19N3O4S. The van der Waals surface area contributed by atoms with Crippen LogP contribution in [0.3, 0.4) is 0 Å². The van der Waals surface area contributed by atoms with Gasteiger partial charge < -0.3 is 10.1 Å². The standard InChI is InChI=1S/C13H19N3O4S/c1-15-8-3-9-16(21(15,18)19)10-13(17)14-11-4-6-12(20-2)7-5-11/h4-7H,3,8-10H2,1-2H3,(H,14,17). The lowest BCUT2D eigenvalue weighted by atomic mass is 10.3. The van der Waals surface area contributed by atoms with E-state index in [2.05, 4.69) is 5.32 Å². The van der Waals surface area contributed by atoms with E-state index in [0.717, 1.165) is 0 Å². The zero-order valence-corrected chi connectivity index (χ0v) is 12.9. The van der Waals surface area contributed by atoms with Crippen molar-refractivity contribution in [1.82, 2.24) is 8.61 Å². The van der Waals surface area contributed by atoms with Gasteiger partial charge in [0.05, 0.1) is 13.7 Å². The van der Waals surface area contributed by atoms with Crippen LogP contribution in [0, 0.1) is 0 Å². The molecule has 0 spiro atoms. The van der Waals surface area contributed by atoms with E-state index < -0.39 is 10.2 Å². The molecule has 0 unspecified atom stereocenters. The summed E-state index contributed by atoms with van der Waals surface area (Å²) in [6.07, 6.45) is 0.714. The Morgan fingerprint density at radius 3 is 2.57 bits per heavy atom. The molecule has 1 aromatic rings. The first kappa shape index (κ1) is 15.7. The SMILES string of the molecule is COc1ccc(NC(=O)CN2CCCN(C)S2(=O)=O)cc1. The van der Waals surface area contributed by atoms with E-state index in [4.69, 9.17) is 4.74 Å². The first-order valence-corrected chi connectivity index (χ1v) is 7.98. The Bertz CT molecular complexity index is 600. The van der Waals surface area contributed by atoms with Crippen LogP contribution in [0.2, 0.25) is 0 Å². The smallest absolute Gasteiger partial charge is 0.282 e. The van der Waals surface area contributed by atoms with Crippen LogP contribution in [0.15, 0.2) is 24.3 Å². The third kappa shape index (κ3) is 3.72. The van der Waals surface area contributed by atoms with Crippen molar-refractivity contribution in [3.05, 3.63) is 24.3 Å². The zero-order valence-electron chi connectivity index (χ0n) is 12.1. The molecule has 1 saturated heterocycles. The number of amides is 1. The number of nitrogens with one attached hydrogen (secondary N) is 1. The fourth-order valence-corrected chi connectivity index (χ4v) is 3.49. The summed E-state index contributed by atoms with van der Waals surface area (Å²) in [6.45, 7) is 0.667. The number of rotatable bonds is 4. The molecule has 1 heterocycles. The molecule has 21 heavy (non-hydrogen) atoms. The van der Waals surface area contributed by atoms with Crippen LogP contribution in [0.4, 0.5) is 5.69 Å². The Morgan fingerprint density at radius 1 is 1.29 bits per heavy atom. The summed E-state index contributed by atoms with van der Waals surface area (Å²) < 4.78 is 31.6. The van der Waals surface area contributed by atoms with Crippen LogP contribution in [0.5, 0.6) is 5.75 Å². The number of nitrogens with zero attached hydrogens (tertiary/aromatic N) is 2. The number of hydrogen-bond donors (Lipinski definition) is 1. The Hall–Kier alpha value is -1.64. The Kier molecular flexibility index (Phi) is 4.81. The number of ether oxygens (including phenoxy) is 1. The molecule has 0 aromatic heterocycles. The van der Waals surface area contributed by atoms with E-state index in [9.17, 15) is 13.2 Å². The molecule has 0 atom stereocenters. The number of carbonyl (C=O) groups is 1. The van der Waals surface area contributed by atoms with Crippen LogP contribution in [0.25, 0.3) is 0 Å². The molecule has 116 valence electrons. The first-order valence-electron chi connectivity index (χ1n) is 6.59. The number of carbonyl (C=O) groups excluding carboxylic acids is 1. The summed E-state index contributed by atoms with van der Waals surface area (Å²) in [4.78, 5) is 12.0. The maximum Gasteiger partial charge on any atom is 0.282 e. The summed E-state index contributed by atoms with van der Waals surface area (Å²) in [5.74, 6) is 0.326. The molecule has 1 amide bonds. The van der Waals surface area contributed by atoms with Gasteiger partial charge in [-0.15, -0.1) is 0 Å². The van der Waals surface area contributed by atoms with E-state index in [0.29, 0.717) is 30.9 Å². The van der Waals surface area contributed by atoms with E-state index in [-0.39, 0.29) is 12.5 Å². The minimum absolute atomic E-state index is 0.182. The predicted octanol–water partition coefficient (Wildman–Crippen LogP) is 0.516. The van der Waals surface area contributed by atoms with Gasteiger partial charge in [-0.1, -0.05) is 0 Å². The Morgan fingerprint density at radius 2 is 1.95 bits per heavy atom. The second-order valence-electron chi connectivity index (χ2n) is 4.79. The quantitative estimate of drug-likeness (QED) is 0.879. The lowest BCUT2D eigenvalue weighted by Gasteiger charge is -2.31. The van der Waals surface area contributed by atoms with Gasteiger partial charge in [0, 0.05) is 25.8 Å². The van der Waals surface area contributed by atoms with Crippen molar-refractivity contribution < 1.29 is 17.9 Å². The van der Waals surface area contributed by atoms with Gasteiger partial charge in [-0.3, -0.25) is 4.79 Å². The normalized spacial score (nSPS) is 19.1. The second-order valence-corrected chi connectivity index (χ2v) is 6.83. The zero-order chi connectivity index (χ0) is 15.5. The van der Waals surface area contributed by atoms with Crippen molar-refractivity contribution in [3.63, 3.8) is 0 Å². The number of methoxy groups -OCH3 is 1. The third-order valence-electron chi connectivity index (χ3n) is 3.29. The van der Waals surface area contributed by atoms with Crippen LogP contribution >= 0.6 is 0 Å². The molecule has 0 radical (unpaired) electrons. The van der Waals surface area contributed by atoms with Gasteiger partial charge in [-0.05, 0) is 30.7 Å². The number of benzene rings is 1. The molecule has 1 fully saturated rings. The van der Waals surface area contributed by atoms with E-state index in [1.54, 1.807) is 31.4 Å². The van der Waals surface area contributed by atoms with Gasteiger partial charge in [0.15, 0.2) is 0 Å². The minimum atomic E-state index is -3.51. The van der Waals surface area contributed by atoms with Gasteiger partial charge in [0.25, 0.3) is 10.2 Å². The van der Waals surface area contributed by atoms with Crippen LogP contribution in [-0.2, 0) is 15.0 Å². The highest BCUT2D eigenvalue weighted by molar-refractivity contribution is 7.86. The van der Waals surface area contributed by atoms with Gasteiger partial charge >= 0.3 is 0 Å². The van der Waals surface area contributed by atoms with Crippen molar-refractivity contribution in [3.8, 4) is 5.75 Å². The van der Waals surface area contributed by atoms with Crippen LogP contribution < -0.4 is 10.1 Å². The summed E-state index contributed by atoms with van der Waals surface area (Å²) in [5.41, 5.74) is 0.601. The fourth-order valence-electron chi connectivity index (χ4n) is 2.09. The monoisotopic (exact) mass is 313 g/mol. The third-order valence-corrected chi connectivity index (χ3v) is 5.23. The maximum absolute atomic E-state index is 12.0. The van der Waals surface area contributed by atoms with Crippen LogP contribution in [-0.4, -0.2) is 56.7 Å². The fraction of sp³-hybridized carbons (Fsp3) is 0.462. The maximum atomic E-state index is 12.0. The van der Waals surface area contributed by atoms with Crippen molar-refractivity contribution in [2.24, 2.45) is 0 Å². The average Bonchev–Trinajstić information content (AvgIpc) is 2.45. The van der Waals surface area contributed by atoms with E-state index in [1.807, 2.05) is 0 Å². The molecule has 1 aromatic carbocycles. The molecule has 1 aliphatic heterocycles. The lowest BCUT2D eigenvalue weighted by molar-refractivity contribution is -0.116. The van der Waals surface area contributed by atoms with Gasteiger partial charge in [0.1, 0.15) is 5.75 Å². The first-order chi connectivity index (χ1) is 9.93. The molecule has 1 N–H and O–H groups in total. The van der Waals surface area contributed by atoms with E-state index >= 15 is 0 Å². The molecular weight excluding hydrogens is 294 g/mol. The summed E-state index contributed by atoms with van der Waals surface area (Å²) >= 11 is 0. The van der Waals surface area contributed by atoms with Crippen molar-refractivity contribution in [2.45, 2.75) is 6.42 Å². The van der Waals surface area contributed by atoms with Gasteiger partial charge in [-0.2, -0.15) is 17.0 Å². The highest BCUT2D eigenvalue weighted by Gasteiger charge is 2.32. The Balaban J connectivity index is 1.97. The average molecular weight is 313 g/mol. The summed E-state index contributed by atoms with van der Waals surface area (Å²) in [7, 11) is -0.437. The molecule has 7 nitrogen and oxygen atoms in total. The molecule has 2 rings (SSSR count). The highest BCUT2D eigenvalue weighted by Crippen LogP contribution is 2.16. The summed E-state index contributed by atoms with van der Waals surface area (Å²) in [5, 5.41) is 2.67. The number of anilines is 1. The second kappa shape index (κ2) is 6.42. The molecule has 0 saturated carbocycles. The minimum Gasteiger partial charge on any atom is -0.497 e.